The van der Waals surface area contributed by atoms with E-state index in [1.807, 2.05) is 24.3 Å². The third-order valence-corrected chi connectivity index (χ3v) is 3.00. The molecule has 0 aliphatic carbocycles. The maximum absolute atomic E-state index is 11.2. The molecule has 0 fully saturated rings. The van der Waals surface area contributed by atoms with Gasteiger partial charge in [-0.25, -0.2) is 4.79 Å². The van der Waals surface area contributed by atoms with Crippen LogP contribution in [0.5, 0.6) is 5.75 Å². The predicted molar refractivity (Wildman–Crippen MR) is 71.2 cm³/mol. The molecule has 5 nitrogen and oxygen atoms in total. The molecule has 1 aromatic carbocycles. The zero-order chi connectivity index (χ0) is 14.5. The molecule has 0 saturated heterocycles. The first-order valence-corrected chi connectivity index (χ1v) is 6.02. The van der Waals surface area contributed by atoms with Gasteiger partial charge in [-0.1, -0.05) is 12.1 Å². The van der Waals surface area contributed by atoms with Crippen molar-refractivity contribution in [3.63, 3.8) is 0 Å². The molecule has 0 bridgehead atoms. The van der Waals surface area contributed by atoms with Crippen LogP contribution in [0.1, 0.15) is 25.8 Å². The minimum absolute atomic E-state index is 0.328. The van der Waals surface area contributed by atoms with Gasteiger partial charge in [0.05, 0.1) is 7.11 Å². The van der Waals surface area contributed by atoms with Crippen LogP contribution in [0.25, 0.3) is 0 Å². The van der Waals surface area contributed by atoms with Gasteiger partial charge >= 0.3 is 5.97 Å². The van der Waals surface area contributed by atoms with Crippen LogP contribution < -0.4 is 10.1 Å². The van der Waals surface area contributed by atoms with Crippen molar-refractivity contribution in [2.24, 2.45) is 0 Å². The second kappa shape index (κ2) is 6.22. The number of amides is 1. The van der Waals surface area contributed by atoms with Crippen LogP contribution in [0.3, 0.4) is 0 Å². The molecule has 104 valence electrons. The molecule has 0 aromatic heterocycles. The Morgan fingerprint density at radius 2 is 1.89 bits per heavy atom. The Labute approximate surface area is 112 Å². The number of carboxylic acid groups (broad SMARTS) is 1. The van der Waals surface area contributed by atoms with E-state index in [2.05, 4.69) is 5.32 Å². The number of nitrogens with one attached hydrogen (secondary N) is 1. The van der Waals surface area contributed by atoms with E-state index in [1.165, 1.54) is 13.8 Å². The number of hydrogen-bond donors (Lipinski definition) is 2. The number of hydrogen-bond acceptors (Lipinski definition) is 3. The lowest BCUT2D eigenvalue weighted by Crippen LogP contribution is -2.51. The standard InChI is InChI=1S/C14H19NO4/c1-10(16)15-14(2,13(17)18)9-8-11-4-6-12(19-3)7-5-11/h4-7H,8-9H2,1-3H3,(H,15,16)(H,17,18). The average molecular weight is 265 g/mol. The third-order valence-electron chi connectivity index (χ3n) is 3.00. The maximum atomic E-state index is 11.2. The third kappa shape index (κ3) is 4.28. The lowest BCUT2D eigenvalue weighted by molar-refractivity contribution is -0.146. The summed E-state index contributed by atoms with van der Waals surface area (Å²) in [4.78, 5) is 22.3. The summed E-state index contributed by atoms with van der Waals surface area (Å²) in [7, 11) is 1.59. The van der Waals surface area contributed by atoms with Crippen LogP contribution in [0.15, 0.2) is 24.3 Å². The van der Waals surface area contributed by atoms with Crippen LogP contribution >= 0.6 is 0 Å². The number of carbonyl (C=O) groups is 2. The molecule has 1 amide bonds. The molecule has 1 rings (SSSR count). The van der Waals surface area contributed by atoms with Gasteiger partial charge in [-0.15, -0.1) is 0 Å². The van der Waals surface area contributed by atoms with Crippen molar-refractivity contribution in [1.82, 2.24) is 5.32 Å². The Kier molecular flexibility index (Phi) is 4.92. The molecule has 0 radical (unpaired) electrons. The zero-order valence-corrected chi connectivity index (χ0v) is 11.4. The van der Waals surface area contributed by atoms with Gasteiger partial charge in [0.1, 0.15) is 11.3 Å². The van der Waals surface area contributed by atoms with Crippen LogP contribution in [-0.4, -0.2) is 29.6 Å². The summed E-state index contributed by atoms with van der Waals surface area (Å²) in [6, 6.07) is 7.42. The number of aliphatic carboxylic acids is 1. The molecule has 2 N–H and O–H groups in total. The first-order chi connectivity index (χ1) is 8.87. The normalized spacial score (nSPS) is 13.4. The maximum Gasteiger partial charge on any atom is 0.329 e. The Morgan fingerprint density at radius 3 is 2.32 bits per heavy atom. The van der Waals surface area contributed by atoms with Gasteiger partial charge in [0.15, 0.2) is 0 Å². The fourth-order valence-corrected chi connectivity index (χ4v) is 1.80. The van der Waals surface area contributed by atoms with Crippen molar-refractivity contribution >= 4 is 11.9 Å². The van der Waals surface area contributed by atoms with E-state index in [9.17, 15) is 14.7 Å². The number of aryl methyl sites for hydroxylation is 1. The molecule has 0 saturated carbocycles. The summed E-state index contributed by atoms with van der Waals surface area (Å²) >= 11 is 0. The molecule has 0 spiro atoms. The SMILES string of the molecule is COc1ccc(CCC(C)(NC(C)=O)C(=O)O)cc1. The van der Waals surface area contributed by atoms with E-state index in [0.29, 0.717) is 12.8 Å². The van der Waals surface area contributed by atoms with Crippen molar-refractivity contribution < 1.29 is 19.4 Å². The minimum Gasteiger partial charge on any atom is -0.497 e. The van der Waals surface area contributed by atoms with Crippen LogP contribution in [-0.2, 0) is 16.0 Å². The van der Waals surface area contributed by atoms with Gasteiger partial charge in [-0.3, -0.25) is 4.79 Å². The predicted octanol–water partition coefficient (Wildman–Crippen LogP) is 1.61. The molecule has 0 heterocycles. The Balaban J connectivity index is 2.70. The second-order valence-electron chi connectivity index (χ2n) is 4.67. The first kappa shape index (κ1) is 15.0. The van der Waals surface area contributed by atoms with E-state index in [4.69, 9.17) is 4.74 Å². The van der Waals surface area contributed by atoms with Crippen molar-refractivity contribution in [2.45, 2.75) is 32.2 Å². The Hall–Kier alpha value is -2.04. The lowest BCUT2D eigenvalue weighted by atomic mass is 9.93. The average Bonchev–Trinajstić information content (AvgIpc) is 2.36. The number of ether oxygens (including phenoxy) is 1. The lowest BCUT2D eigenvalue weighted by Gasteiger charge is -2.25. The molecule has 1 atom stereocenters. The molecule has 1 aromatic rings. The molecule has 0 aliphatic rings. The number of carbonyl (C=O) groups excluding carboxylic acids is 1. The van der Waals surface area contributed by atoms with Gasteiger partial charge in [0, 0.05) is 6.92 Å². The topological polar surface area (TPSA) is 75.6 Å². The van der Waals surface area contributed by atoms with E-state index in [0.717, 1.165) is 11.3 Å². The largest absolute Gasteiger partial charge is 0.497 e. The quantitative estimate of drug-likeness (QED) is 0.819. The molecular formula is C14H19NO4. The summed E-state index contributed by atoms with van der Waals surface area (Å²) in [6.07, 6.45) is 0.890. The van der Waals surface area contributed by atoms with E-state index >= 15 is 0 Å². The zero-order valence-electron chi connectivity index (χ0n) is 11.4. The fraction of sp³-hybridized carbons (Fsp3) is 0.429. The summed E-state index contributed by atoms with van der Waals surface area (Å²) in [5, 5.41) is 11.7. The highest BCUT2D eigenvalue weighted by Gasteiger charge is 2.33. The second-order valence-corrected chi connectivity index (χ2v) is 4.67. The Morgan fingerprint density at radius 1 is 1.32 bits per heavy atom. The molecule has 5 heteroatoms. The van der Waals surface area contributed by atoms with Crippen molar-refractivity contribution in [1.29, 1.82) is 0 Å². The van der Waals surface area contributed by atoms with E-state index in [-0.39, 0.29) is 5.91 Å². The summed E-state index contributed by atoms with van der Waals surface area (Å²) < 4.78 is 5.05. The molecular weight excluding hydrogens is 246 g/mol. The molecule has 0 aliphatic heterocycles. The van der Waals surface area contributed by atoms with Gasteiger partial charge < -0.3 is 15.2 Å². The van der Waals surface area contributed by atoms with Crippen molar-refractivity contribution in [2.75, 3.05) is 7.11 Å². The van der Waals surface area contributed by atoms with Crippen molar-refractivity contribution in [3.05, 3.63) is 29.8 Å². The van der Waals surface area contributed by atoms with Crippen molar-refractivity contribution in [3.8, 4) is 5.75 Å². The fourth-order valence-electron chi connectivity index (χ4n) is 1.80. The molecule has 1 unspecified atom stereocenters. The number of methoxy groups -OCH3 is 1. The highest BCUT2D eigenvalue weighted by molar-refractivity contribution is 5.85. The number of benzene rings is 1. The van der Waals surface area contributed by atoms with Crippen LogP contribution in [0, 0.1) is 0 Å². The summed E-state index contributed by atoms with van der Waals surface area (Å²) in [5.41, 5.74) is -0.246. The van der Waals surface area contributed by atoms with Gasteiger partial charge in [0.2, 0.25) is 5.91 Å². The minimum atomic E-state index is -1.24. The molecule has 19 heavy (non-hydrogen) atoms. The highest BCUT2D eigenvalue weighted by Crippen LogP contribution is 2.17. The number of rotatable bonds is 6. The summed E-state index contributed by atoms with van der Waals surface area (Å²) in [5.74, 6) is -0.623. The first-order valence-electron chi connectivity index (χ1n) is 6.02. The van der Waals surface area contributed by atoms with E-state index < -0.39 is 11.5 Å². The van der Waals surface area contributed by atoms with Gasteiger partial charge in [-0.2, -0.15) is 0 Å². The van der Waals surface area contributed by atoms with E-state index in [1.54, 1.807) is 7.11 Å². The monoisotopic (exact) mass is 265 g/mol. The highest BCUT2D eigenvalue weighted by atomic mass is 16.5. The van der Waals surface area contributed by atoms with Crippen LogP contribution in [0.4, 0.5) is 0 Å². The van der Waals surface area contributed by atoms with Gasteiger partial charge in [0.25, 0.3) is 0 Å². The number of carboxylic acids is 1. The Bertz CT molecular complexity index is 455. The smallest absolute Gasteiger partial charge is 0.329 e. The van der Waals surface area contributed by atoms with Crippen LogP contribution in [0.2, 0.25) is 0 Å². The van der Waals surface area contributed by atoms with Gasteiger partial charge in [-0.05, 0) is 37.5 Å². The summed E-state index contributed by atoms with van der Waals surface area (Å²) in [6.45, 7) is 2.83.